The molecule has 0 bridgehead atoms. The van der Waals surface area contributed by atoms with E-state index < -0.39 is 35.0 Å². The molecule has 0 aliphatic heterocycles. The van der Waals surface area contributed by atoms with Gasteiger partial charge in [0.15, 0.2) is 5.37 Å². The van der Waals surface area contributed by atoms with Gasteiger partial charge in [0.25, 0.3) is 0 Å². The number of alkyl carbamates (subject to hydrolysis) is 1. The molecular weight excluding hydrogens is 320 g/mol. The zero-order valence-electron chi connectivity index (χ0n) is 14.9. The van der Waals surface area contributed by atoms with Gasteiger partial charge in [-0.1, -0.05) is 20.8 Å². The summed E-state index contributed by atoms with van der Waals surface area (Å²) in [5.74, 6) is -0.536. The summed E-state index contributed by atoms with van der Waals surface area (Å²) in [5, 5.41) is 4.33. The van der Waals surface area contributed by atoms with E-state index in [1.54, 1.807) is 34.6 Å². The van der Waals surface area contributed by atoms with Crippen molar-refractivity contribution in [3.8, 4) is 0 Å². The van der Waals surface area contributed by atoms with E-state index >= 15 is 0 Å². The number of carbonyl (C=O) groups is 3. The summed E-state index contributed by atoms with van der Waals surface area (Å²) in [5.41, 5.74) is -0.658. The van der Waals surface area contributed by atoms with Crippen LogP contribution in [0.2, 0.25) is 0 Å². The van der Waals surface area contributed by atoms with Gasteiger partial charge < -0.3 is 20.1 Å². The highest BCUT2D eigenvalue weighted by Crippen LogP contribution is 2.12. The lowest BCUT2D eigenvalue weighted by atomic mass is 10.0. The summed E-state index contributed by atoms with van der Waals surface area (Å²) in [6, 6.07) is -0.811. The molecule has 0 aromatic carbocycles. The Balaban J connectivity index is 4.91. The SMILES string of the molecule is CCSC(NC(=O)[C@@H](NC(=O)OC(C)(C)C)C(C)C)C(=O)OC. The minimum Gasteiger partial charge on any atom is -0.467 e. The van der Waals surface area contributed by atoms with Crippen LogP contribution in [0.4, 0.5) is 4.79 Å². The molecule has 0 rings (SSSR count). The molecule has 0 radical (unpaired) electrons. The molecular formula is C15H28N2O5S. The molecule has 0 aliphatic carbocycles. The van der Waals surface area contributed by atoms with Gasteiger partial charge in [-0.3, -0.25) is 4.79 Å². The minimum absolute atomic E-state index is 0.174. The van der Waals surface area contributed by atoms with Crippen LogP contribution in [0.1, 0.15) is 41.5 Å². The second-order valence-electron chi connectivity index (χ2n) is 6.24. The van der Waals surface area contributed by atoms with Crippen molar-refractivity contribution in [2.75, 3.05) is 12.9 Å². The number of carbonyl (C=O) groups excluding carboxylic acids is 3. The fraction of sp³-hybridized carbons (Fsp3) is 0.800. The highest BCUT2D eigenvalue weighted by atomic mass is 32.2. The smallest absolute Gasteiger partial charge is 0.408 e. The summed E-state index contributed by atoms with van der Waals surface area (Å²) in [7, 11) is 1.26. The standard InChI is InChI=1S/C15H28N2O5S/c1-8-23-12(13(19)21-7)17-11(18)10(9(2)3)16-14(20)22-15(4,5)6/h9-10,12H,8H2,1-7H3,(H,16,20)(H,17,18)/t10-,12?/m0/s1. The number of hydrogen-bond donors (Lipinski definition) is 2. The molecule has 0 spiro atoms. The summed E-state index contributed by atoms with van der Waals surface area (Å²) >= 11 is 1.24. The molecule has 0 aromatic rings. The zero-order valence-corrected chi connectivity index (χ0v) is 15.7. The van der Waals surface area contributed by atoms with Crippen molar-refractivity contribution in [3.63, 3.8) is 0 Å². The lowest BCUT2D eigenvalue weighted by molar-refractivity contribution is -0.142. The minimum atomic E-state index is -0.811. The van der Waals surface area contributed by atoms with Crippen molar-refractivity contribution in [1.29, 1.82) is 0 Å². The lowest BCUT2D eigenvalue weighted by Gasteiger charge is -2.26. The summed E-state index contributed by atoms with van der Waals surface area (Å²) < 4.78 is 9.83. The van der Waals surface area contributed by atoms with E-state index in [2.05, 4.69) is 15.4 Å². The average molecular weight is 348 g/mol. The van der Waals surface area contributed by atoms with Crippen LogP contribution in [0.5, 0.6) is 0 Å². The van der Waals surface area contributed by atoms with Gasteiger partial charge in [0.2, 0.25) is 5.91 Å². The van der Waals surface area contributed by atoms with E-state index in [0.29, 0.717) is 5.75 Å². The summed E-state index contributed by atoms with van der Waals surface area (Å²) in [6.45, 7) is 10.7. The van der Waals surface area contributed by atoms with Crippen molar-refractivity contribution < 1.29 is 23.9 Å². The molecule has 0 aromatic heterocycles. The van der Waals surface area contributed by atoms with Crippen LogP contribution in [0.15, 0.2) is 0 Å². The van der Waals surface area contributed by atoms with Gasteiger partial charge in [-0.15, -0.1) is 11.8 Å². The van der Waals surface area contributed by atoms with E-state index in [1.807, 2.05) is 6.92 Å². The Morgan fingerprint density at radius 3 is 2.09 bits per heavy atom. The van der Waals surface area contributed by atoms with Gasteiger partial charge in [0, 0.05) is 0 Å². The maximum Gasteiger partial charge on any atom is 0.408 e. The first-order valence-electron chi connectivity index (χ1n) is 7.51. The van der Waals surface area contributed by atoms with Gasteiger partial charge in [0.05, 0.1) is 7.11 Å². The molecule has 0 aliphatic rings. The van der Waals surface area contributed by atoms with Crippen molar-refractivity contribution in [2.24, 2.45) is 5.92 Å². The van der Waals surface area contributed by atoms with Gasteiger partial charge >= 0.3 is 12.1 Å². The van der Waals surface area contributed by atoms with Crippen LogP contribution >= 0.6 is 11.8 Å². The average Bonchev–Trinajstić information content (AvgIpc) is 2.41. The molecule has 8 heteroatoms. The first-order chi connectivity index (χ1) is 10.5. The van der Waals surface area contributed by atoms with Crippen molar-refractivity contribution in [2.45, 2.75) is 58.6 Å². The molecule has 7 nitrogen and oxygen atoms in total. The Hall–Kier alpha value is -1.44. The molecule has 134 valence electrons. The molecule has 0 heterocycles. The Bertz CT molecular complexity index is 421. The molecule has 0 saturated heterocycles. The third-order valence-corrected chi connectivity index (χ3v) is 3.62. The topological polar surface area (TPSA) is 93.7 Å². The predicted octanol–water partition coefficient (Wildman–Crippen LogP) is 1.90. The number of ether oxygens (including phenoxy) is 2. The second-order valence-corrected chi connectivity index (χ2v) is 7.62. The maximum atomic E-state index is 12.4. The molecule has 1 unspecified atom stereocenters. The Morgan fingerprint density at radius 1 is 1.13 bits per heavy atom. The highest BCUT2D eigenvalue weighted by molar-refractivity contribution is 8.00. The number of hydrogen-bond acceptors (Lipinski definition) is 6. The molecule has 2 atom stereocenters. The third kappa shape index (κ3) is 8.68. The number of rotatable bonds is 7. The summed E-state index contributed by atoms with van der Waals surface area (Å²) in [4.78, 5) is 35.9. The largest absolute Gasteiger partial charge is 0.467 e. The number of methoxy groups -OCH3 is 1. The van der Waals surface area contributed by atoms with Crippen molar-refractivity contribution in [3.05, 3.63) is 0 Å². The number of thioether (sulfide) groups is 1. The van der Waals surface area contributed by atoms with Crippen LogP contribution < -0.4 is 10.6 Å². The fourth-order valence-electron chi connectivity index (χ4n) is 1.63. The Kier molecular flexibility index (Phi) is 9.04. The first-order valence-corrected chi connectivity index (χ1v) is 8.56. The number of nitrogens with one attached hydrogen (secondary N) is 2. The second kappa shape index (κ2) is 9.64. The van der Waals surface area contributed by atoms with Crippen molar-refractivity contribution >= 4 is 29.7 Å². The molecule has 23 heavy (non-hydrogen) atoms. The fourth-order valence-corrected chi connectivity index (χ4v) is 2.40. The Labute approximate surface area is 142 Å². The quantitative estimate of drug-likeness (QED) is 0.539. The highest BCUT2D eigenvalue weighted by Gasteiger charge is 2.30. The van der Waals surface area contributed by atoms with Gasteiger partial charge in [0.1, 0.15) is 11.6 Å². The van der Waals surface area contributed by atoms with E-state index in [4.69, 9.17) is 4.74 Å². The van der Waals surface area contributed by atoms with Crippen LogP contribution in [0, 0.1) is 5.92 Å². The van der Waals surface area contributed by atoms with Crippen LogP contribution in [-0.4, -0.2) is 47.8 Å². The van der Waals surface area contributed by atoms with E-state index in [9.17, 15) is 14.4 Å². The van der Waals surface area contributed by atoms with Crippen LogP contribution in [0.25, 0.3) is 0 Å². The van der Waals surface area contributed by atoms with E-state index in [1.165, 1.54) is 18.9 Å². The summed E-state index contributed by atoms with van der Waals surface area (Å²) in [6.07, 6.45) is -0.677. The Morgan fingerprint density at radius 2 is 1.70 bits per heavy atom. The van der Waals surface area contributed by atoms with E-state index in [0.717, 1.165) is 0 Å². The normalized spacial score (nSPS) is 13.9. The molecule has 0 saturated carbocycles. The number of esters is 1. The molecule has 0 fully saturated rings. The van der Waals surface area contributed by atoms with Crippen LogP contribution in [0.3, 0.4) is 0 Å². The monoisotopic (exact) mass is 348 g/mol. The third-order valence-electron chi connectivity index (χ3n) is 2.64. The molecule has 2 N–H and O–H groups in total. The van der Waals surface area contributed by atoms with Crippen LogP contribution in [-0.2, 0) is 19.1 Å². The van der Waals surface area contributed by atoms with E-state index in [-0.39, 0.29) is 5.92 Å². The molecule has 2 amide bonds. The maximum absolute atomic E-state index is 12.4. The zero-order chi connectivity index (χ0) is 18.2. The van der Waals surface area contributed by atoms with Gasteiger partial charge in [-0.2, -0.15) is 0 Å². The number of amides is 2. The van der Waals surface area contributed by atoms with Gasteiger partial charge in [-0.25, -0.2) is 9.59 Å². The lowest BCUT2D eigenvalue weighted by Crippen LogP contribution is -2.53. The van der Waals surface area contributed by atoms with Gasteiger partial charge in [-0.05, 0) is 32.4 Å². The van der Waals surface area contributed by atoms with Crippen molar-refractivity contribution in [1.82, 2.24) is 10.6 Å². The first kappa shape index (κ1) is 21.6. The predicted molar refractivity (Wildman–Crippen MR) is 90.1 cm³/mol.